The van der Waals surface area contributed by atoms with Crippen LogP contribution >= 0.6 is 11.6 Å². The van der Waals surface area contributed by atoms with E-state index in [-0.39, 0.29) is 6.04 Å². The third-order valence-electron chi connectivity index (χ3n) is 3.20. The Bertz CT molecular complexity index is 389. The van der Waals surface area contributed by atoms with Crippen LogP contribution < -0.4 is 14.8 Å². The van der Waals surface area contributed by atoms with E-state index >= 15 is 0 Å². The fraction of sp³-hybridized carbons (Fsp3) is 0.538. The van der Waals surface area contributed by atoms with Crippen molar-refractivity contribution in [2.45, 2.75) is 25.3 Å². The Morgan fingerprint density at radius 3 is 2.47 bits per heavy atom. The smallest absolute Gasteiger partial charge is 0.138 e. The number of hydrogen-bond acceptors (Lipinski definition) is 3. The normalized spacial score (nSPS) is 20.1. The Balaban J connectivity index is 2.40. The largest absolute Gasteiger partial charge is 0.496 e. The molecule has 1 aliphatic heterocycles. The van der Waals surface area contributed by atoms with Gasteiger partial charge in [0.15, 0.2) is 0 Å². The van der Waals surface area contributed by atoms with Crippen molar-refractivity contribution < 1.29 is 9.47 Å². The quantitative estimate of drug-likeness (QED) is 0.900. The summed E-state index contributed by atoms with van der Waals surface area (Å²) in [4.78, 5) is 0. The van der Waals surface area contributed by atoms with Crippen LogP contribution in [-0.2, 0) is 0 Å². The maximum Gasteiger partial charge on any atom is 0.138 e. The number of benzene rings is 1. The summed E-state index contributed by atoms with van der Waals surface area (Å²) in [7, 11) is 3.30. The molecule has 0 amide bonds. The van der Waals surface area contributed by atoms with E-state index in [2.05, 4.69) is 5.32 Å². The van der Waals surface area contributed by atoms with Gasteiger partial charge in [0, 0.05) is 11.6 Å². The lowest BCUT2D eigenvalue weighted by Gasteiger charge is -2.26. The maximum atomic E-state index is 6.38. The van der Waals surface area contributed by atoms with Gasteiger partial charge in [-0.25, -0.2) is 0 Å². The number of rotatable bonds is 3. The molecule has 17 heavy (non-hydrogen) atoms. The van der Waals surface area contributed by atoms with Crippen LogP contribution in [-0.4, -0.2) is 20.8 Å². The second kappa shape index (κ2) is 5.61. The molecule has 1 fully saturated rings. The van der Waals surface area contributed by atoms with Crippen molar-refractivity contribution in [2.75, 3.05) is 20.8 Å². The molecular formula is C13H18ClNO2. The van der Waals surface area contributed by atoms with Gasteiger partial charge in [0.1, 0.15) is 11.5 Å². The van der Waals surface area contributed by atoms with E-state index in [1.165, 1.54) is 12.8 Å². The number of halogens is 1. The highest BCUT2D eigenvalue weighted by atomic mass is 35.5. The Morgan fingerprint density at radius 2 is 1.88 bits per heavy atom. The van der Waals surface area contributed by atoms with Crippen molar-refractivity contribution in [2.24, 2.45) is 0 Å². The van der Waals surface area contributed by atoms with Crippen molar-refractivity contribution in [3.05, 3.63) is 22.7 Å². The molecule has 1 aliphatic rings. The summed E-state index contributed by atoms with van der Waals surface area (Å²) < 4.78 is 10.7. The molecule has 1 atom stereocenters. The molecule has 1 N–H and O–H groups in total. The van der Waals surface area contributed by atoms with Crippen molar-refractivity contribution in [3.63, 3.8) is 0 Å². The Labute approximate surface area is 107 Å². The molecule has 3 nitrogen and oxygen atoms in total. The van der Waals surface area contributed by atoms with Crippen LogP contribution in [0.5, 0.6) is 11.5 Å². The van der Waals surface area contributed by atoms with Crippen molar-refractivity contribution in [1.82, 2.24) is 5.32 Å². The molecule has 1 aromatic carbocycles. The molecule has 0 aliphatic carbocycles. The van der Waals surface area contributed by atoms with Crippen molar-refractivity contribution in [3.8, 4) is 11.5 Å². The minimum absolute atomic E-state index is 0.265. The predicted molar refractivity (Wildman–Crippen MR) is 69.2 cm³/mol. The van der Waals surface area contributed by atoms with Crippen LogP contribution in [0.4, 0.5) is 0 Å². The van der Waals surface area contributed by atoms with E-state index in [0.717, 1.165) is 24.3 Å². The molecule has 94 valence electrons. The van der Waals surface area contributed by atoms with Crippen LogP contribution in [0.3, 0.4) is 0 Å². The predicted octanol–water partition coefficient (Wildman–Crippen LogP) is 3.17. The van der Waals surface area contributed by atoms with Crippen molar-refractivity contribution in [1.29, 1.82) is 0 Å². The van der Waals surface area contributed by atoms with E-state index in [1.54, 1.807) is 14.2 Å². The summed E-state index contributed by atoms with van der Waals surface area (Å²) in [5.74, 6) is 1.53. The van der Waals surface area contributed by atoms with Crippen LogP contribution in [0.1, 0.15) is 30.9 Å². The maximum absolute atomic E-state index is 6.38. The number of hydrogen-bond donors (Lipinski definition) is 1. The van der Waals surface area contributed by atoms with Gasteiger partial charge >= 0.3 is 0 Å². The molecule has 2 rings (SSSR count). The molecule has 0 aromatic heterocycles. The van der Waals surface area contributed by atoms with Gasteiger partial charge in [-0.2, -0.15) is 0 Å². The minimum Gasteiger partial charge on any atom is -0.496 e. The fourth-order valence-corrected chi connectivity index (χ4v) is 2.68. The first-order valence-corrected chi connectivity index (χ1v) is 6.29. The zero-order valence-corrected chi connectivity index (χ0v) is 11.0. The summed E-state index contributed by atoms with van der Waals surface area (Å²) in [6, 6.07) is 4.02. The van der Waals surface area contributed by atoms with E-state index in [1.807, 2.05) is 12.1 Å². The van der Waals surface area contributed by atoms with Crippen LogP contribution in [0.2, 0.25) is 5.02 Å². The van der Waals surface area contributed by atoms with Crippen molar-refractivity contribution >= 4 is 11.6 Å². The van der Waals surface area contributed by atoms with Crippen LogP contribution in [0, 0.1) is 0 Å². The lowest BCUT2D eigenvalue weighted by atomic mass is 9.96. The number of methoxy groups -OCH3 is 2. The Kier molecular flexibility index (Phi) is 4.13. The summed E-state index contributed by atoms with van der Waals surface area (Å²) in [5.41, 5.74) is 1.02. The highest BCUT2D eigenvalue weighted by Gasteiger charge is 2.23. The number of ether oxygens (including phenoxy) is 2. The topological polar surface area (TPSA) is 30.5 Å². The highest BCUT2D eigenvalue weighted by molar-refractivity contribution is 6.33. The first-order chi connectivity index (χ1) is 8.27. The Hall–Kier alpha value is -0.930. The molecule has 0 bridgehead atoms. The lowest BCUT2D eigenvalue weighted by Crippen LogP contribution is -2.27. The summed E-state index contributed by atoms with van der Waals surface area (Å²) in [6.07, 6.45) is 3.53. The lowest BCUT2D eigenvalue weighted by molar-refractivity contribution is 0.368. The number of piperidine rings is 1. The molecule has 1 unspecified atom stereocenters. The van der Waals surface area contributed by atoms with Gasteiger partial charge in [-0.3, -0.25) is 0 Å². The average Bonchev–Trinajstić information content (AvgIpc) is 2.39. The second-order valence-electron chi connectivity index (χ2n) is 4.20. The van der Waals surface area contributed by atoms with Gasteiger partial charge in [0.05, 0.1) is 19.2 Å². The first-order valence-electron chi connectivity index (χ1n) is 5.91. The molecule has 1 saturated heterocycles. The second-order valence-corrected chi connectivity index (χ2v) is 4.58. The molecule has 4 heteroatoms. The van der Waals surface area contributed by atoms with Crippen LogP contribution in [0.25, 0.3) is 0 Å². The van der Waals surface area contributed by atoms with E-state index in [4.69, 9.17) is 21.1 Å². The fourth-order valence-electron chi connectivity index (χ4n) is 2.31. The van der Waals surface area contributed by atoms with Gasteiger partial charge in [-0.1, -0.05) is 18.0 Å². The molecule has 1 heterocycles. The summed E-state index contributed by atoms with van der Waals surface area (Å²) in [6.45, 7) is 1.03. The summed E-state index contributed by atoms with van der Waals surface area (Å²) in [5, 5.41) is 4.14. The van der Waals surface area contributed by atoms with Gasteiger partial charge in [-0.15, -0.1) is 0 Å². The zero-order valence-electron chi connectivity index (χ0n) is 10.3. The summed E-state index contributed by atoms with van der Waals surface area (Å²) >= 11 is 6.38. The first kappa shape index (κ1) is 12.5. The zero-order chi connectivity index (χ0) is 12.3. The SMILES string of the molecule is COc1ccc(OC)c(C2CCCCN2)c1Cl. The molecule has 0 spiro atoms. The monoisotopic (exact) mass is 255 g/mol. The Morgan fingerprint density at radius 1 is 1.18 bits per heavy atom. The van der Waals surface area contributed by atoms with Gasteiger partial charge in [0.2, 0.25) is 0 Å². The number of nitrogens with one attached hydrogen (secondary N) is 1. The highest BCUT2D eigenvalue weighted by Crippen LogP contribution is 2.40. The molecule has 1 aromatic rings. The van der Waals surface area contributed by atoms with E-state index in [9.17, 15) is 0 Å². The molecule has 0 radical (unpaired) electrons. The third kappa shape index (κ3) is 2.50. The molecular weight excluding hydrogens is 238 g/mol. The third-order valence-corrected chi connectivity index (χ3v) is 3.59. The molecule has 0 saturated carbocycles. The minimum atomic E-state index is 0.265. The van der Waals surface area contributed by atoms with Gasteiger partial charge in [-0.05, 0) is 31.5 Å². The average molecular weight is 256 g/mol. The van der Waals surface area contributed by atoms with E-state index < -0.39 is 0 Å². The van der Waals surface area contributed by atoms with Gasteiger partial charge in [0.25, 0.3) is 0 Å². The van der Waals surface area contributed by atoms with Gasteiger partial charge < -0.3 is 14.8 Å². The van der Waals surface area contributed by atoms with E-state index in [0.29, 0.717) is 10.8 Å². The standard InChI is InChI=1S/C13H18ClNO2/c1-16-10-6-7-11(17-2)13(14)12(10)9-5-3-4-8-15-9/h6-7,9,15H,3-5,8H2,1-2H3. The van der Waals surface area contributed by atoms with Crippen LogP contribution in [0.15, 0.2) is 12.1 Å².